The Morgan fingerprint density at radius 1 is 1.40 bits per heavy atom. The van der Waals surface area contributed by atoms with Crippen molar-refractivity contribution in [2.75, 3.05) is 32.2 Å². The Bertz CT molecular complexity index is 453. The number of carbonyl (C=O) groups is 1. The Labute approximate surface area is 125 Å². The van der Waals surface area contributed by atoms with E-state index in [0.717, 1.165) is 12.4 Å². The largest absolute Gasteiger partial charge is 0.369 e. The van der Waals surface area contributed by atoms with E-state index < -0.39 is 0 Å². The fraction of sp³-hybridized carbons (Fsp3) is 0.600. The van der Waals surface area contributed by atoms with Gasteiger partial charge in [-0.05, 0) is 31.2 Å². The van der Waals surface area contributed by atoms with Crippen molar-refractivity contribution in [3.8, 4) is 0 Å². The normalized spacial score (nSPS) is 16.9. The number of rotatable bonds is 5. The molecular formula is C15H23N3OS. The van der Waals surface area contributed by atoms with Crippen LogP contribution in [-0.2, 0) is 0 Å². The summed E-state index contributed by atoms with van der Waals surface area (Å²) >= 11 is 1.96. The van der Waals surface area contributed by atoms with Gasteiger partial charge in [-0.3, -0.25) is 4.79 Å². The lowest BCUT2D eigenvalue weighted by Crippen LogP contribution is -2.30. The molecular weight excluding hydrogens is 270 g/mol. The lowest BCUT2D eigenvalue weighted by molar-refractivity contribution is 0.0827. The third-order valence-corrected chi connectivity index (χ3v) is 5.37. The lowest BCUT2D eigenvalue weighted by atomic mass is 10.1. The molecule has 0 bridgehead atoms. The molecule has 1 fully saturated rings. The van der Waals surface area contributed by atoms with E-state index in [0.29, 0.717) is 10.3 Å². The molecule has 0 saturated heterocycles. The van der Waals surface area contributed by atoms with Crippen molar-refractivity contribution in [3.05, 3.63) is 23.9 Å². The fourth-order valence-corrected chi connectivity index (χ4v) is 3.52. The van der Waals surface area contributed by atoms with Gasteiger partial charge >= 0.3 is 0 Å². The van der Waals surface area contributed by atoms with Crippen LogP contribution in [0.3, 0.4) is 0 Å². The smallest absolute Gasteiger partial charge is 0.254 e. The van der Waals surface area contributed by atoms with E-state index >= 15 is 0 Å². The van der Waals surface area contributed by atoms with E-state index in [1.54, 1.807) is 25.2 Å². The summed E-state index contributed by atoms with van der Waals surface area (Å²) in [5.74, 6) is 0.834. The Balaban J connectivity index is 1.95. The molecule has 1 saturated carbocycles. The third kappa shape index (κ3) is 3.45. The molecule has 0 aliphatic heterocycles. The van der Waals surface area contributed by atoms with Crippen LogP contribution >= 0.6 is 11.8 Å². The molecule has 4 nitrogen and oxygen atoms in total. The van der Waals surface area contributed by atoms with E-state index in [-0.39, 0.29) is 5.91 Å². The number of carbonyl (C=O) groups excluding carboxylic acids is 1. The van der Waals surface area contributed by atoms with Crippen LogP contribution in [0.2, 0.25) is 0 Å². The molecule has 1 aliphatic carbocycles. The molecule has 0 unspecified atom stereocenters. The van der Waals surface area contributed by atoms with E-state index in [1.807, 2.05) is 23.9 Å². The first kappa shape index (κ1) is 15.2. The maximum absolute atomic E-state index is 11.8. The number of nitrogens with zero attached hydrogens (tertiary/aromatic N) is 2. The van der Waals surface area contributed by atoms with Crippen LogP contribution in [0.4, 0.5) is 5.82 Å². The van der Waals surface area contributed by atoms with Crippen molar-refractivity contribution in [2.24, 2.45) is 0 Å². The molecule has 20 heavy (non-hydrogen) atoms. The van der Waals surface area contributed by atoms with E-state index in [9.17, 15) is 4.79 Å². The number of nitrogens with one attached hydrogen (secondary N) is 1. The topological polar surface area (TPSA) is 45.2 Å². The average molecular weight is 293 g/mol. The van der Waals surface area contributed by atoms with Gasteiger partial charge in [-0.15, -0.1) is 0 Å². The SMILES string of the molecule is CSC1(CNc2ccc(C(=O)N(C)C)cn2)CCCC1. The second-order valence-corrected chi connectivity index (χ2v) is 6.85. The van der Waals surface area contributed by atoms with Gasteiger partial charge in [0, 0.05) is 31.6 Å². The maximum atomic E-state index is 11.8. The molecule has 1 aliphatic rings. The second-order valence-electron chi connectivity index (χ2n) is 5.58. The summed E-state index contributed by atoms with van der Waals surface area (Å²) < 4.78 is 0.361. The number of anilines is 1. The highest BCUT2D eigenvalue weighted by molar-refractivity contribution is 8.00. The molecule has 1 amide bonds. The van der Waals surface area contributed by atoms with E-state index in [4.69, 9.17) is 0 Å². The molecule has 1 aromatic heterocycles. The summed E-state index contributed by atoms with van der Waals surface area (Å²) in [6, 6.07) is 3.72. The van der Waals surface area contributed by atoms with Crippen molar-refractivity contribution in [3.63, 3.8) is 0 Å². The predicted molar refractivity (Wildman–Crippen MR) is 85.5 cm³/mol. The van der Waals surface area contributed by atoms with Crippen LogP contribution in [-0.4, -0.2) is 47.4 Å². The minimum absolute atomic E-state index is 0.0135. The number of amides is 1. The number of hydrogen-bond acceptors (Lipinski definition) is 4. The maximum Gasteiger partial charge on any atom is 0.254 e. The van der Waals surface area contributed by atoms with E-state index in [1.165, 1.54) is 25.7 Å². The van der Waals surface area contributed by atoms with Gasteiger partial charge in [-0.2, -0.15) is 11.8 Å². The summed E-state index contributed by atoms with van der Waals surface area (Å²) in [5, 5.41) is 3.42. The van der Waals surface area contributed by atoms with Gasteiger partial charge < -0.3 is 10.2 Å². The first-order valence-electron chi connectivity index (χ1n) is 7.03. The first-order valence-corrected chi connectivity index (χ1v) is 8.25. The molecule has 110 valence electrons. The van der Waals surface area contributed by atoms with Crippen LogP contribution in [0.15, 0.2) is 18.3 Å². The van der Waals surface area contributed by atoms with Gasteiger partial charge in [-0.25, -0.2) is 4.98 Å². The molecule has 0 aromatic carbocycles. The molecule has 5 heteroatoms. The molecule has 0 atom stereocenters. The van der Waals surface area contributed by atoms with Gasteiger partial charge in [0.2, 0.25) is 0 Å². The van der Waals surface area contributed by atoms with Crippen molar-refractivity contribution >= 4 is 23.5 Å². The highest BCUT2D eigenvalue weighted by Gasteiger charge is 2.32. The first-order chi connectivity index (χ1) is 9.56. The number of thioether (sulfide) groups is 1. The van der Waals surface area contributed by atoms with Crippen LogP contribution in [0.5, 0.6) is 0 Å². The third-order valence-electron chi connectivity index (χ3n) is 3.96. The van der Waals surface area contributed by atoms with Gasteiger partial charge in [0.05, 0.1) is 5.56 Å². The summed E-state index contributed by atoms with van der Waals surface area (Å²) in [4.78, 5) is 17.7. The zero-order valence-electron chi connectivity index (χ0n) is 12.5. The van der Waals surface area contributed by atoms with Gasteiger partial charge in [0.1, 0.15) is 5.82 Å². The number of hydrogen-bond donors (Lipinski definition) is 1. The minimum atomic E-state index is -0.0135. The molecule has 0 spiro atoms. The van der Waals surface area contributed by atoms with Crippen molar-refractivity contribution in [1.82, 2.24) is 9.88 Å². The summed E-state index contributed by atoms with van der Waals surface area (Å²) in [5.41, 5.74) is 0.626. The van der Waals surface area contributed by atoms with Crippen molar-refractivity contribution in [2.45, 2.75) is 30.4 Å². The number of aromatic nitrogens is 1. The molecule has 1 heterocycles. The van der Waals surface area contributed by atoms with Crippen molar-refractivity contribution < 1.29 is 4.79 Å². The highest BCUT2D eigenvalue weighted by Crippen LogP contribution is 2.40. The highest BCUT2D eigenvalue weighted by atomic mass is 32.2. The Hall–Kier alpha value is -1.23. The van der Waals surface area contributed by atoms with Gasteiger partial charge in [-0.1, -0.05) is 12.8 Å². The average Bonchev–Trinajstić information content (AvgIpc) is 2.94. The zero-order valence-corrected chi connectivity index (χ0v) is 13.3. The zero-order chi connectivity index (χ0) is 14.6. The summed E-state index contributed by atoms with van der Waals surface area (Å²) in [6.07, 6.45) is 9.04. The molecule has 0 radical (unpaired) electrons. The van der Waals surface area contributed by atoms with Crippen LogP contribution < -0.4 is 5.32 Å². The summed E-state index contributed by atoms with van der Waals surface area (Å²) in [6.45, 7) is 0.947. The number of pyridine rings is 1. The van der Waals surface area contributed by atoms with Gasteiger partial charge in [0.15, 0.2) is 0 Å². The van der Waals surface area contributed by atoms with Gasteiger partial charge in [0.25, 0.3) is 5.91 Å². The summed E-state index contributed by atoms with van der Waals surface area (Å²) in [7, 11) is 3.49. The Kier molecular flexibility index (Phi) is 4.91. The van der Waals surface area contributed by atoms with Crippen LogP contribution in [0.1, 0.15) is 36.0 Å². The van der Waals surface area contributed by atoms with Crippen LogP contribution in [0, 0.1) is 0 Å². The second kappa shape index (κ2) is 6.48. The predicted octanol–water partition coefficient (Wildman–Crippen LogP) is 2.87. The molecule has 1 aromatic rings. The monoisotopic (exact) mass is 293 g/mol. The Morgan fingerprint density at radius 3 is 2.60 bits per heavy atom. The molecule has 1 N–H and O–H groups in total. The van der Waals surface area contributed by atoms with Crippen LogP contribution in [0.25, 0.3) is 0 Å². The van der Waals surface area contributed by atoms with Crippen molar-refractivity contribution in [1.29, 1.82) is 0 Å². The minimum Gasteiger partial charge on any atom is -0.369 e. The quantitative estimate of drug-likeness (QED) is 0.906. The lowest BCUT2D eigenvalue weighted by Gasteiger charge is -2.27. The molecule has 2 rings (SSSR count). The Morgan fingerprint density at radius 2 is 2.10 bits per heavy atom. The fourth-order valence-electron chi connectivity index (χ4n) is 2.61. The standard InChI is InChI=1S/C15H23N3OS/c1-18(2)14(19)12-6-7-13(16-10-12)17-11-15(20-3)8-4-5-9-15/h6-7,10H,4-5,8-9,11H2,1-3H3,(H,16,17). The van der Waals surface area contributed by atoms with E-state index in [2.05, 4.69) is 16.6 Å².